The van der Waals surface area contributed by atoms with Gasteiger partial charge in [-0.1, -0.05) is 74.1 Å². The van der Waals surface area contributed by atoms with Crippen LogP contribution in [0.25, 0.3) is 27.0 Å². The van der Waals surface area contributed by atoms with E-state index < -0.39 is 0 Å². The number of carbonyl (C=O) groups excluding carboxylic acids is 1. The summed E-state index contributed by atoms with van der Waals surface area (Å²) in [5.74, 6) is 0.518. The normalized spacial score (nSPS) is 11.2. The van der Waals surface area contributed by atoms with Gasteiger partial charge in [0.15, 0.2) is 5.16 Å². The van der Waals surface area contributed by atoms with Crippen LogP contribution in [0.15, 0.2) is 70.6 Å². The van der Waals surface area contributed by atoms with Crippen molar-refractivity contribution in [1.82, 2.24) is 14.9 Å². The van der Waals surface area contributed by atoms with Crippen molar-refractivity contribution < 1.29 is 4.79 Å². The molecule has 0 aliphatic heterocycles. The molecule has 7 heteroatoms. The van der Waals surface area contributed by atoms with Gasteiger partial charge >= 0.3 is 0 Å². The molecular formula is C25H25N3O2S2. The van der Waals surface area contributed by atoms with Crippen LogP contribution < -0.4 is 10.9 Å². The lowest BCUT2D eigenvalue weighted by molar-refractivity contribution is -0.118. The van der Waals surface area contributed by atoms with Crippen molar-refractivity contribution in [2.75, 3.05) is 12.3 Å². The summed E-state index contributed by atoms with van der Waals surface area (Å²) in [6, 6.07) is 19.4. The number of nitrogens with zero attached hydrogens (tertiary/aromatic N) is 2. The number of carbonyl (C=O) groups is 1. The molecule has 0 atom stereocenters. The number of hydrogen-bond donors (Lipinski definition) is 1. The molecule has 32 heavy (non-hydrogen) atoms. The highest BCUT2D eigenvalue weighted by Crippen LogP contribution is 2.36. The Balaban J connectivity index is 1.84. The van der Waals surface area contributed by atoms with Crippen LogP contribution in [0.5, 0.6) is 0 Å². The average Bonchev–Trinajstić information content (AvgIpc) is 3.13. The van der Waals surface area contributed by atoms with Crippen LogP contribution in [0.2, 0.25) is 0 Å². The Morgan fingerprint density at radius 2 is 1.75 bits per heavy atom. The molecule has 164 valence electrons. The second-order valence-electron chi connectivity index (χ2n) is 7.94. The Hall–Kier alpha value is -2.90. The number of aryl methyl sites for hydroxylation is 1. The largest absolute Gasteiger partial charge is 0.355 e. The van der Waals surface area contributed by atoms with E-state index in [2.05, 4.69) is 19.2 Å². The van der Waals surface area contributed by atoms with Crippen molar-refractivity contribution in [2.24, 2.45) is 5.92 Å². The van der Waals surface area contributed by atoms with Gasteiger partial charge in [0.1, 0.15) is 4.83 Å². The summed E-state index contributed by atoms with van der Waals surface area (Å²) >= 11 is 2.80. The molecule has 0 aliphatic carbocycles. The topological polar surface area (TPSA) is 64.0 Å². The zero-order valence-electron chi connectivity index (χ0n) is 18.3. The fourth-order valence-electron chi connectivity index (χ4n) is 3.50. The molecule has 0 unspecified atom stereocenters. The van der Waals surface area contributed by atoms with Gasteiger partial charge in [0.25, 0.3) is 5.56 Å². The van der Waals surface area contributed by atoms with Crippen molar-refractivity contribution in [3.63, 3.8) is 0 Å². The van der Waals surface area contributed by atoms with Crippen LogP contribution in [0, 0.1) is 12.8 Å². The summed E-state index contributed by atoms with van der Waals surface area (Å²) in [7, 11) is 0. The van der Waals surface area contributed by atoms with Crippen LogP contribution >= 0.6 is 23.1 Å². The van der Waals surface area contributed by atoms with Crippen LogP contribution in [0.1, 0.15) is 18.7 Å². The molecule has 0 radical (unpaired) electrons. The zero-order valence-corrected chi connectivity index (χ0v) is 19.9. The number of amides is 1. The van der Waals surface area contributed by atoms with Gasteiger partial charge in [0, 0.05) is 17.0 Å². The first kappa shape index (κ1) is 22.3. The summed E-state index contributed by atoms with van der Waals surface area (Å²) in [4.78, 5) is 32.7. The monoisotopic (exact) mass is 463 g/mol. The van der Waals surface area contributed by atoms with E-state index in [0.717, 1.165) is 21.7 Å². The van der Waals surface area contributed by atoms with Crippen LogP contribution in [0.4, 0.5) is 0 Å². The number of para-hydroxylation sites is 1. The Labute approximate surface area is 195 Å². The van der Waals surface area contributed by atoms with Gasteiger partial charge in [-0.25, -0.2) is 4.98 Å². The lowest BCUT2D eigenvalue weighted by Gasteiger charge is -2.13. The molecule has 0 bridgehead atoms. The molecule has 0 saturated heterocycles. The lowest BCUT2D eigenvalue weighted by Crippen LogP contribution is -2.29. The molecule has 0 fully saturated rings. The molecule has 1 N–H and O–H groups in total. The fourth-order valence-corrected chi connectivity index (χ4v) is 5.42. The highest BCUT2D eigenvalue weighted by molar-refractivity contribution is 7.99. The highest BCUT2D eigenvalue weighted by atomic mass is 32.2. The van der Waals surface area contributed by atoms with Crippen molar-refractivity contribution in [3.05, 3.63) is 75.9 Å². The maximum absolute atomic E-state index is 13.8. The first-order valence-corrected chi connectivity index (χ1v) is 12.3. The van der Waals surface area contributed by atoms with Gasteiger partial charge in [-0.15, -0.1) is 11.3 Å². The Kier molecular flexibility index (Phi) is 6.77. The lowest BCUT2D eigenvalue weighted by atomic mass is 10.0. The minimum absolute atomic E-state index is 0.0648. The summed E-state index contributed by atoms with van der Waals surface area (Å²) in [6.07, 6.45) is 0. The molecule has 4 aromatic rings. The van der Waals surface area contributed by atoms with Crippen molar-refractivity contribution >= 4 is 39.2 Å². The number of rotatable bonds is 7. The molecule has 4 rings (SSSR count). The van der Waals surface area contributed by atoms with E-state index in [9.17, 15) is 9.59 Å². The van der Waals surface area contributed by atoms with E-state index >= 15 is 0 Å². The number of thiophene rings is 1. The van der Waals surface area contributed by atoms with Gasteiger partial charge in [0.2, 0.25) is 5.91 Å². The third kappa shape index (κ3) is 4.64. The van der Waals surface area contributed by atoms with E-state index in [0.29, 0.717) is 27.8 Å². The van der Waals surface area contributed by atoms with Crippen LogP contribution in [-0.4, -0.2) is 27.8 Å². The summed E-state index contributed by atoms with van der Waals surface area (Å²) in [5, 5.41) is 4.07. The molecular weight excluding hydrogens is 438 g/mol. The maximum atomic E-state index is 13.8. The third-order valence-corrected chi connectivity index (χ3v) is 6.93. The van der Waals surface area contributed by atoms with Gasteiger partial charge < -0.3 is 5.32 Å². The first-order valence-electron chi connectivity index (χ1n) is 10.5. The van der Waals surface area contributed by atoms with E-state index in [1.54, 1.807) is 4.57 Å². The van der Waals surface area contributed by atoms with Crippen molar-refractivity contribution in [1.29, 1.82) is 0 Å². The summed E-state index contributed by atoms with van der Waals surface area (Å²) in [6.45, 7) is 6.76. The number of thioether (sulfide) groups is 1. The van der Waals surface area contributed by atoms with E-state index in [-0.39, 0.29) is 17.2 Å². The number of benzene rings is 2. The summed E-state index contributed by atoms with van der Waals surface area (Å²) < 4.78 is 1.63. The highest BCUT2D eigenvalue weighted by Gasteiger charge is 2.21. The van der Waals surface area contributed by atoms with Gasteiger partial charge in [-0.2, -0.15) is 0 Å². The SMILES string of the molecule is Cc1sc2nc(SCC(=O)NCC(C)C)n(-c3ccccc3)c(=O)c2c1-c1ccccc1. The number of fused-ring (bicyclic) bond motifs is 1. The third-order valence-electron chi connectivity index (χ3n) is 4.99. The fraction of sp³-hybridized carbons (Fsp3) is 0.240. The number of aromatic nitrogens is 2. The van der Waals surface area contributed by atoms with Crippen molar-refractivity contribution in [2.45, 2.75) is 25.9 Å². The Morgan fingerprint density at radius 3 is 2.41 bits per heavy atom. The standard InChI is InChI=1S/C25H25N3O2S2/c1-16(2)14-26-20(29)15-31-25-27-23-22(24(30)28(25)19-12-8-5-9-13-19)21(17(3)32-23)18-10-6-4-7-11-18/h4-13,16H,14-15H2,1-3H3,(H,26,29). The minimum Gasteiger partial charge on any atom is -0.355 e. The smallest absolute Gasteiger partial charge is 0.268 e. The summed E-state index contributed by atoms with van der Waals surface area (Å²) in [5.41, 5.74) is 2.55. The Morgan fingerprint density at radius 1 is 1.09 bits per heavy atom. The predicted octanol–water partition coefficient (Wildman–Crippen LogP) is 5.29. The molecule has 2 aromatic heterocycles. The number of nitrogens with one attached hydrogen (secondary N) is 1. The molecule has 0 spiro atoms. The van der Waals surface area contributed by atoms with E-state index in [1.165, 1.54) is 23.1 Å². The second-order valence-corrected chi connectivity index (χ2v) is 10.1. The van der Waals surface area contributed by atoms with Gasteiger partial charge in [-0.05, 0) is 30.5 Å². The van der Waals surface area contributed by atoms with Crippen LogP contribution in [0.3, 0.4) is 0 Å². The first-order chi connectivity index (χ1) is 15.5. The number of hydrogen-bond acceptors (Lipinski definition) is 5. The maximum Gasteiger partial charge on any atom is 0.268 e. The quantitative estimate of drug-likeness (QED) is 0.299. The van der Waals surface area contributed by atoms with E-state index in [1.807, 2.05) is 67.6 Å². The van der Waals surface area contributed by atoms with Gasteiger partial charge in [0.05, 0.1) is 16.8 Å². The molecule has 0 aliphatic rings. The molecule has 0 saturated carbocycles. The minimum atomic E-state index is -0.116. The molecule has 1 amide bonds. The van der Waals surface area contributed by atoms with Crippen molar-refractivity contribution in [3.8, 4) is 16.8 Å². The molecule has 5 nitrogen and oxygen atoms in total. The average molecular weight is 464 g/mol. The Bertz CT molecular complexity index is 1300. The molecule has 2 aromatic carbocycles. The second kappa shape index (κ2) is 9.71. The predicted molar refractivity (Wildman–Crippen MR) is 134 cm³/mol. The van der Waals surface area contributed by atoms with Crippen LogP contribution in [-0.2, 0) is 4.79 Å². The van der Waals surface area contributed by atoms with E-state index in [4.69, 9.17) is 4.98 Å². The zero-order chi connectivity index (χ0) is 22.7. The molecule has 2 heterocycles. The van der Waals surface area contributed by atoms with Gasteiger partial charge in [-0.3, -0.25) is 14.2 Å².